The van der Waals surface area contributed by atoms with E-state index in [1.807, 2.05) is 0 Å². The van der Waals surface area contributed by atoms with Crippen molar-refractivity contribution in [3.8, 4) is 23.0 Å². The Morgan fingerprint density at radius 3 is 2.09 bits per heavy atom. The highest BCUT2D eigenvalue weighted by Gasteiger charge is 2.42. The number of aromatic hydroxyl groups is 1. The minimum Gasteiger partial charge on any atom is -0.504 e. The van der Waals surface area contributed by atoms with Gasteiger partial charge in [0.05, 0.1) is 32.9 Å². The molecule has 0 heterocycles. The lowest BCUT2D eigenvalue weighted by Crippen LogP contribution is -2.37. The number of hydrogen-bond acceptors (Lipinski definition) is 9. The number of ketones is 2. The van der Waals surface area contributed by atoms with Crippen LogP contribution in [0.25, 0.3) is 12.2 Å². The summed E-state index contributed by atoms with van der Waals surface area (Å²) in [6, 6.07) is 8.45. The molecule has 1 aliphatic rings. The predicted octanol–water partition coefficient (Wildman–Crippen LogP) is 5.99. The van der Waals surface area contributed by atoms with Crippen LogP contribution in [0, 0.1) is 11.8 Å². The summed E-state index contributed by atoms with van der Waals surface area (Å²) in [5, 5.41) is 12.5. The van der Waals surface area contributed by atoms with Crippen molar-refractivity contribution in [1.29, 1.82) is 0 Å². The van der Waals surface area contributed by atoms with Crippen LogP contribution in [0.3, 0.4) is 0 Å². The molecular formula is C33H40NO9P. The Bertz CT molecular complexity index is 1480. The third-order valence-electron chi connectivity index (χ3n) is 6.84. The van der Waals surface area contributed by atoms with E-state index in [0.29, 0.717) is 17.0 Å². The highest BCUT2D eigenvalue weighted by molar-refractivity contribution is 7.57. The lowest BCUT2D eigenvalue weighted by Gasteiger charge is -2.25. The molecule has 2 aromatic carbocycles. The summed E-state index contributed by atoms with van der Waals surface area (Å²) < 4.78 is 35.9. The van der Waals surface area contributed by atoms with Crippen LogP contribution in [0.5, 0.6) is 23.0 Å². The second-order valence-corrected chi connectivity index (χ2v) is 13.0. The quantitative estimate of drug-likeness (QED) is 0.0709. The van der Waals surface area contributed by atoms with Crippen molar-refractivity contribution < 1.29 is 42.8 Å². The number of phenolic OH excluding ortho intramolecular Hbond substituents is 1. The monoisotopic (exact) mass is 625 g/mol. The van der Waals surface area contributed by atoms with Gasteiger partial charge >= 0.3 is 13.5 Å². The van der Waals surface area contributed by atoms with Gasteiger partial charge in [0.1, 0.15) is 6.04 Å². The molecule has 1 fully saturated rings. The van der Waals surface area contributed by atoms with E-state index in [-0.39, 0.29) is 47.6 Å². The Hall–Kier alpha value is -4.14. The molecule has 3 unspecified atom stereocenters. The largest absolute Gasteiger partial charge is 0.504 e. The first-order valence-electron chi connectivity index (χ1n) is 14.2. The Labute approximate surface area is 258 Å². The molecule has 2 N–H and O–H groups in total. The van der Waals surface area contributed by atoms with E-state index in [9.17, 15) is 24.1 Å². The maximum atomic E-state index is 14.0. The van der Waals surface area contributed by atoms with Crippen LogP contribution in [0.1, 0.15) is 44.7 Å². The molecule has 0 saturated heterocycles. The Morgan fingerprint density at radius 2 is 1.57 bits per heavy atom. The van der Waals surface area contributed by atoms with Crippen LogP contribution in [-0.4, -0.2) is 55.2 Å². The predicted molar refractivity (Wildman–Crippen MR) is 169 cm³/mol. The average molecular weight is 626 g/mol. The number of hydrogen-bond donors (Lipinski definition) is 2. The second-order valence-electron chi connectivity index (χ2n) is 10.9. The van der Waals surface area contributed by atoms with Crippen molar-refractivity contribution in [2.45, 2.75) is 45.8 Å². The van der Waals surface area contributed by atoms with Gasteiger partial charge in [0.2, 0.25) is 0 Å². The van der Waals surface area contributed by atoms with Crippen molar-refractivity contribution >= 4 is 37.2 Å². The number of esters is 1. The van der Waals surface area contributed by atoms with E-state index in [0.717, 1.165) is 6.42 Å². The number of phenols is 1. The van der Waals surface area contributed by atoms with E-state index >= 15 is 0 Å². The molecule has 44 heavy (non-hydrogen) atoms. The number of carbonyl (C=O) groups excluding carboxylic acids is 3. The van der Waals surface area contributed by atoms with E-state index in [2.05, 4.69) is 18.6 Å². The Morgan fingerprint density at radius 1 is 1.00 bits per heavy atom. The average Bonchev–Trinajstić information content (AvgIpc) is 3.67. The highest BCUT2D eigenvalue weighted by Crippen LogP contribution is 2.54. The number of methoxy groups -OCH3 is 2. The molecule has 0 bridgehead atoms. The van der Waals surface area contributed by atoms with Crippen LogP contribution < -0.4 is 19.1 Å². The third-order valence-corrected chi connectivity index (χ3v) is 8.95. The lowest BCUT2D eigenvalue weighted by molar-refractivity contribution is -0.148. The minimum absolute atomic E-state index is 0.0175. The normalized spacial score (nSPS) is 18.0. The van der Waals surface area contributed by atoms with Gasteiger partial charge in [-0.3, -0.25) is 14.2 Å². The van der Waals surface area contributed by atoms with Crippen molar-refractivity contribution in [2.75, 3.05) is 20.4 Å². The fourth-order valence-corrected chi connectivity index (χ4v) is 6.75. The van der Waals surface area contributed by atoms with E-state index < -0.39 is 31.1 Å². The maximum Gasteiger partial charge on any atom is 0.327 e. The second kappa shape index (κ2) is 15.5. The summed E-state index contributed by atoms with van der Waals surface area (Å²) in [7, 11) is -0.760. The topological polar surface area (TPSA) is 137 Å². The zero-order chi connectivity index (χ0) is 32.4. The van der Waals surface area contributed by atoms with Crippen LogP contribution in [0.4, 0.5) is 0 Å². The van der Waals surface area contributed by atoms with E-state index in [1.165, 1.54) is 50.7 Å². The smallest absolute Gasteiger partial charge is 0.327 e. The summed E-state index contributed by atoms with van der Waals surface area (Å²) in [4.78, 5) is 37.3. The molecule has 0 aliphatic heterocycles. The molecular weight excluding hydrogens is 585 g/mol. The van der Waals surface area contributed by atoms with Crippen molar-refractivity contribution in [3.05, 3.63) is 72.3 Å². The standard InChI is InChI=1S/C33H40NO9P/c1-7-28(33(38)42-21(2)3)34-44(39,20-25-16-22(25)4)43-30-15-11-24(18-32(30)41-6)9-13-27(36)19-26(35)12-8-23-10-14-29(37)31(17-23)40-5/h7-15,17-18,21-22,25,28,37H,1,16,19-20H2,2-6H3,(H,34,39)/b12-8+,13-9+/t22?,25?,28-,44?/m0/s1. The van der Waals surface area contributed by atoms with Gasteiger partial charge in [0.25, 0.3) is 0 Å². The first-order chi connectivity index (χ1) is 20.9. The van der Waals surface area contributed by atoms with Gasteiger partial charge < -0.3 is 23.8 Å². The van der Waals surface area contributed by atoms with Crippen LogP contribution in [0.2, 0.25) is 0 Å². The molecule has 0 aromatic heterocycles. The number of ether oxygens (including phenoxy) is 3. The SMILES string of the molecule is C=C[C@H](NP(=O)(CC1CC1C)Oc1ccc(/C=C/C(=O)CC(=O)/C=C/c2ccc(O)c(OC)c2)cc1OC)C(=O)OC(C)C. The molecule has 0 spiro atoms. The number of rotatable bonds is 17. The minimum atomic E-state index is -3.62. The molecule has 2 aromatic rings. The summed E-state index contributed by atoms with van der Waals surface area (Å²) in [5.41, 5.74) is 1.22. The van der Waals surface area contributed by atoms with Crippen molar-refractivity contribution in [2.24, 2.45) is 11.8 Å². The molecule has 10 nitrogen and oxygen atoms in total. The Kier molecular flexibility index (Phi) is 12.1. The molecule has 0 radical (unpaired) electrons. The van der Waals surface area contributed by atoms with E-state index in [4.69, 9.17) is 18.7 Å². The van der Waals surface area contributed by atoms with E-state index in [1.54, 1.807) is 44.2 Å². The third kappa shape index (κ3) is 10.2. The number of allylic oxidation sites excluding steroid dienone is 2. The fourth-order valence-electron chi connectivity index (χ4n) is 4.29. The molecule has 1 saturated carbocycles. The van der Waals surface area contributed by atoms with Crippen molar-refractivity contribution in [3.63, 3.8) is 0 Å². The van der Waals surface area contributed by atoms with Gasteiger partial charge in [0.15, 0.2) is 34.6 Å². The molecule has 4 atom stereocenters. The first kappa shape index (κ1) is 34.4. The molecule has 0 amide bonds. The number of nitrogens with one attached hydrogen (secondary N) is 1. The van der Waals surface area contributed by atoms with Gasteiger partial charge in [-0.25, -0.2) is 9.88 Å². The molecule has 3 rings (SSSR count). The van der Waals surface area contributed by atoms with Crippen LogP contribution in [-0.2, 0) is 23.7 Å². The van der Waals surface area contributed by atoms with Crippen LogP contribution in [0.15, 0.2) is 61.2 Å². The number of carbonyl (C=O) groups is 3. The van der Waals surface area contributed by atoms with Crippen LogP contribution >= 0.6 is 7.52 Å². The first-order valence-corrected chi connectivity index (χ1v) is 16.0. The Balaban J connectivity index is 1.69. The molecule has 11 heteroatoms. The molecule has 236 valence electrons. The fraction of sp³-hybridized carbons (Fsp3) is 0.364. The maximum absolute atomic E-state index is 14.0. The van der Waals surface area contributed by atoms with Gasteiger partial charge in [-0.05, 0) is 79.6 Å². The van der Waals surface area contributed by atoms with Gasteiger partial charge in [-0.2, -0.15) is 0 Å². The number of benzene rings is 2. The summed E-state index contributed by atoms with van der Waals surface area (Å²) in [6.07, 6.45) is 7.43. The van der Waals surface area contributed by atoms with Crippen molar-refractivity contribution in [1.82, 2.24) is 5.09 Å². The zero-order valence-electron chi connectivity index (χ0n) is 25.6. The van der Waals surface area contributed by atoms with Gasteiger partial charge in [0, 0.05) is 0 Å². The molecule has 1 aliphatic carbocycles. The summed E-state index contributed by atoms with van der Waals surface area (Å²) in [5.74, 6) is -0.0980. The summed E-state index contributed by atoms with van der Waals surface area (Å²) in [6.45, 7) is 9.19. The zero-order valence-corrected chi connectivity index (χ0v) is 26.5. The highest BCUT2D eigenvalue weighted by atomic mass is 31.2. The van der Waals surface area contributed by atoms with Gasteiger partial charge in [-0.15, -0.1) is 6.58 Å². The summed E-state index contributed by atoms with van der Waals surface area (Å²) >= 11 is 0. The lowest BCUT2D eigenvalue weighted by atomic mass is 10.1. The van der Waals surface area contributed by atoms with Gasteiger partial charge in [-0.1, -0.05) is 37.3 Å².